The van der Waals surface area contributed by atoms with E-state index in [2.05, 4.69) is 9.97 Å². The molecule has 6 heteroatoms. The van der Waals surface area contributed by atoms with Gasteiger partial charge in [0.15, 0.2) is 0 Å². The minimum Gasteiger partial charge on any atom is -0.478 e. The average molecular weight is 283 g/mol. The van der Waals surface area contributed by atoms with E-state index in [1.807, 2.05) is 0 Å². The van der Waals surface area contributed by atoms with Gasteiger partial charge in [-0.15, -0.1) is 0 Å². The number of pyridine rings is 2. The molecule has 2 aromatic heterocycles. The van der Waals surface area contributed by atoms with Gasteiger partial charge in [-0.1, -0.05) is 0 Å². The molecule has 0 aromatic carbocycles. The zero-order valence-corrected chi connectivity index (χ0v) is 11.2. The van der Waals surface area contributed by atoms with Crippen LogP contribution in [0.15, 0.2) is 36.9 Å². The topological polar surface area (TPSA) is 83.4 Å². The van der Waals surface area contributed by atoms with Crippen LogP contribution in [0.3, 0.4) is 0 Å². The number of fused-ring (bicyclic) bond motifs is 1. The van der Waals surface area contributed by atoms with Gasteiger partial charge in [-0.25, -0.2) is 4.79 Å². The van der Waals surface area contributed by atoms with Gasteiger partial charge in [0, 0.05) is 43.4 Å². The second kappa shape index (κ2) is 5.32. The van der Waals surface area contributed by atoms with E-state index in [4.69, 9.17) is 5.11 Å². The van der Waals surface area contributed by atoms with Gasteiger partial charge in [-0.3, -0.25) is 14.8 Å². The second-order valence-corrected chi connectivity index (χ2v) is 4.84. The van der Waals surface area contributed by atoms with Gasteiger partial charge in [0.05, 0.1) is 5.56 Å². The maximum Gasteiger partial charge on any atom is 0.337 e. The maximum absolute atomic E-state index is 12.4. The summed E-state index contributed by atoms with van der Waals surface area (Å²) in [5, 5.41) is 9.17. The van der Waals surface area contributed by atoms with Crippen LogP contribution in [0, 0.1) is 0 Å². The van der Waals surface area contributed by atoms with E-state index in [0.717, 1.165) is 11.1 Å². The van der Waals surface area contributed by atoms with Crippen LogP contribution in [-0.2, 0) is 13.0 Å². The molecule has 0 saturated heterocycles. The van der Waals surface area contributed by atoms with Crippen LogP contribution in [0.2, 0.25) is 0 Å². The van der Waals surface area contributed by atoms with Crippen LogP contribution >= 0.6 is 0 Å². The van der Waals surface area contributed by atoms with E-state index >= 15 is 0 Å². The van der Waals surface area contributed by atoms with Crippen molar-refractivity contribution >= 4 is 11.9 Å². The minimum atomic E-state index is -0.978. The third-order valence-corrected chi connectivity index (χ3v) is 3.58. The summed E-state index contributed by atoms with van der Waals surface area (Å²) in [5.41, 5.74) is 2.37. The van der Waals surface area contributed by atoms with Crippen molar-refractivity contribution in [3.05, 3.63) is 59.2 Å². The number of carboxylic acids is 1. The number of hydrogen-bond acceptors (Lipinski definition) is 4. The van der Waals surface area contributed by atoms with Gasteiger partial charge in [-0.2, -0.15) is 0 Å². The Labute approximate surface area is 121 Å². The lowest BCUT2D eigenvalue weighted by atomic mass is 9.97. The fourth-order valence-electron chi connectivity index (χ4n) is 2.53. The molecule has 1 aliphatic rings. The van der Waals surface area contributed by atoms with Crippen LogP contribution in [-0.4, -0.2) is 38.4 Å². The molecule has 0 radical (unpaired) electrons. The van der Waals surface area contributed by atoms with Gasteiger partial charge < -0.3 is 10.0 Å². The van der Waals surface area contributed by atoms with Gasteiger partial charge in [-0.05, 0) is 29.7 Å². The summed E-state index contributed by atoms with van der Waals surface area (Å²) in [7, 11) is 0. The van der Waals surface area contributed by atoms with E-state index in [0.29, 0.717) is 25.1 Å². The molecular formula is C15H13N3O3. The molecule has 0 aliphatic carbocycles. The summed E-state index contributed by atoms with van der Waals surface area (Å²) in [4.78, 5) is 33.1. The number of nitrogens with zero attached hydrogens (tertiary/aromatic N) is 3. The molecule has 1 N–H and O–H groups in total. The Morgan fingerprint density at radius 3 is 2.62 bits per heavy atom. The molecule has 1 aliphatic heterocycles. The van der Waals surface area contributed by atoms with Crippen LogP contribution in [0.1, 0.15) is 31.8 Å². The SMILES string of the molecule is O=C(O)c1cncc2c1CCN(C(=O)c1ccncc1)C2. The van der Waals surface area contributed by atoms with Crippen molar-refractivity contribution in [1.82, 2.24) is 14.9 Å². The third kappa shape index (κ3) is 2.47. The zero-order valence-electron chi connectivity index (χ0n) is 11.2. The highest BCUT2D eigenvalue weighted by molar-refractivity contribution is 5.94. The highest BCUT2D eigenvalue weighted by Crippen LogP contribution is 2.22. The normalized spacial score (nSPS) is 13.6. The summed E-state index contributed by atoms with van der Waals surface area (Å²) in [6.45, 7) is 0.878. The Hall–Kier alpha value is -2.76. The number of amides is 1. The number of carbonyl (C=O) groups is 2. The predicted molar refractivity (Wildman–Crippen MR) is 73.9 cm³/mol. The molecular weight excluding hydrogens is 270 g/mol. The molecule has 0 fully saturated rings. The first-order chi connectivity index (χ1) is 10.2. The van der Waals surface area contributed by atoms with E-state index in [1.165, 1.54) is 6.20 Å². The quantitative estimate of drug-likeness (QED) is 0.900. The number of rotatable bonds is 2. The number of hydrogen-bond donors (Lipinski definition) is 1. The van der Waals surface area contributed by atoms with Crippen molar-refractivity contribution in [1.29, 1.82) is 0 Å². The summed E-state index contributed by atoms with van der Waals surface area (Å²) in [5.74, 6) is -1.06. The largest absolute Gasteiger partial charge is 0.478 e. The molecule has 0 unspecified atom stereocenters. The van der Waals surface area contributed by atoms with Crippen LogP contribution in [0.25, 0.3) is 0 Å². The van der Waals surface area contributed by atoms with Gasteiger partial charge in [0.25, 0.3) is 5.91 Å². The van der Waals surface area contributed by atoms with Crippen molar-refractivity contribution in [2.75, 3.05) is 6.54 Å². The summed E-state index contributed by atoms with van der Waals surface area (Å²) < 4.78 is 0. The summed E-state index contributed by atoms with van der Waals surface area (Å²) >= 11 is 0. The minimum absolute atomic E-state index is 0.0798. The average Bonchev–Trinajstić information content (AvgIpc) is 2.53. The molecule has 0 atom stereocenters. The Morgan fingerprint density at radius 1 is 1.14 bits per heavy atom. The van der Waals surface area contributed by atoms with E-state index in [-0.39, 0.29) is 11.5 Å². The first-order valence-electron chi connectivity index (χ1n) is 6.55. The lowest BCUT2D eigenvalue weighted by Crippen LogP contribution is -2.36. The Balaban J connectivity index is 1.87. The lowest BCUT2D eigenvalue weighted by molar-refractivity contribution is 0.0693. The molecule has 3 rings (SSSR count). The third-order valence-electron chi connectivity index (χ3n) is 3.58. The smallest absolute Gasteiger partial charge is 0.337 e. The van der Waals surface area contributed by atoms with Crippen molar-refractivity contribution in [2.45, 2.75) is 13.0 Å². The highest BCUT2D eigenvalue weighted by Gasteiger charge is 2.25. The van der Waals surface area contributed by atoms with Crippen molar-refractivity contribution < 1.29 is 14.7 Å². The summed E-state index contributed by atoms with van der Waals surface area (Å²) in [6, 6.07) is 3.34. The molecule has 0 bridgehead atoms. The maximum atomic E-state index is 12.4. The van der Waals surface area contributed by atoms with Crippen LogP contribution < -0.4 is 0 Å². The van der Waals surface area contributed by atoms with E-state index in [9.17, 15) is 9.59 Å². The number of aromatic carboxylic acids is 1. The monoisotopic (exact) mass is 283 g/mol. The highest BCUT2D eigenvalue weighted by atomic mass is 16.4. The van der Waals surface area contributed by atoms with Crippen LogP contribution in [0.5, 0.6) is 0 Å². The molecule has 0 spiro atoms. The number of aromatic nitrogens is 2. The van der Waals surface area contributed by atoms with Crippen molar-refractivity contribution in [2.24, 2.45) is 0 Å². The fraction of sp³-hybridized carbons (Fsp3) is 0.200. The van der Waals surface area contributed by atoms with Crippen molar-refractivity contribution in [3.63, 3.8) is 0 Å². The molecule has 1 amide bonds. The molecule has 106 valence electrons. The first kappa shape index (κ1) is 13.2. The Morgan fingerprint density at radius 2 is 1.90 bits per heavy atom. The Bertz CT molecular complexity index is 701. The van der Waals surface area contributed by atoms with Crippen molar-refractivity contribution in [3.8, 4) is 0 Å². The number of carbonyl (C=O) groups excluding carboxylic acids is 1. The predicted octanol–water partition coefficient (Wildman–Crippen LogP) is 1.37. The van der Waals surface area contributed by atoms with E-state index < -0.39 is 5.97 Å². The Kier molecular flexibility index (Phi) is 3.35. The fourth-order valence-corrected chi connectivity index (χ4v) is 2.53. The number of carboxylic acid groups (broad SMARTS) is 1. The zero-order chi connectivity index (χ0) is 14.8. The molecule has 21 heavy (non-hydrogen) atoms. The van der Waals surface area contributed by atoms with Crippen LogP contribution in [0.4, 0.5) is 0 Å². The first-order valence-corrected chi connectivity index (χ1v) is 6.55. The van der Waals surface area contributed by atoms with E-state index in [1.54, 1.807) is 35.6 Å². The van der Waals surface area contributed by atoms with Gasteiger partial charge in [0.2, 0.25) is 0 Å². The molecule has 2 aromatic rings. The van der Waals surface area contributed by atoms with Gasteiger partial charge >= 0.3 is 5.97 Å². The standard InChI is InChI=1S/C15H13N3O3/c19-14(10-1-4-16-5-2-10)18-6-3-12-11(9-18)7-17-8-13(12)15(20)21/h1-2,4-5,7-8H,3,6,9H2,(H,20,21). The molecule has 3 heterocycles. The second-order valence-electron chi connectivity index (χ2n) is 4.84. The lowest BCUT2D eigenvalue weighted by Gasteiger charge is -2.29. The summed E-state index contributed by atoms with van der Waals surface area (Å²) in [6.07, 6.45) is 6.68. The molecule has 6 nitrogen and oxygen atoms in total. The molecule has 0 saturated carbocycles. The van der Waals surface area contributed by atoms with Gasteiger partial charge in [0.1, 0.15) is 0 Å².